The van der Waals surface area contributed by atoms with Crippen molar-refractivity contribution in [2.45, 2.75) is 25.8 Å². The van der Waals surface area contributed by atoms with Gasteiger partial charge in [-0.2, -0.15) is 0 Å². The molecule has 1 atom stereocenters. The zero-order valence-electron chi connectivity index (χ0n) is 12.1. The van der Waals surface area contributed by atoms with Crippen molar-refractivity contribution < 1.29 is 14.3 Å². The van der Waals surface area contributed by atoms with Crippen LogP contribution in [0, 0.1) is 5.92 Å². The second-order valence-electron chi connectivity index (χ2n) is 5.01. The highest BCUT2D eigenvalue weighted by Crippen LogP contribution is 2.20. The van der Waals surface area contributed by atoms with Crippen molar-refractivity contribution in [3.63, 3.8) is 0 Å². The van der Waals surface area contributed by atoms with Gasteiger partial charge in [0, 0.05) is 18.2 Å². The van der Waals surface area contributed by atoms with Crippen molar-refractivity contribution >= 4 is 17.7 Å². The first-order valence-corrected chi connectivity index (χ1v) is 7.05. The number of alkyl carbamates (subject to hydrolysis) is 1. The van der Waals surface area contributed by atoms with Gasteiger partial charge in [-0.15, -0.1) is 0 Å². The van der Waals surface area contributed by atoms with Crippen LogP contribution in [0.3, 0.4) is 0 Å². The van der Waals surface area contributed by atoms with E-state index in [0.717, 1.165) is 30.5 Å². The Morgan fingerprint density at radius 2 is 2.00 bits per heavy atom. The van der Waals surface area contributed by atoms with Crippen LogP contribution in [-0.4, -0.2) is 19.1 Å². The first-order valence-electron chi connectivity index (χ1n) is 7.05. The number of methoxy groups -OCH3 is 1. The number of benzene rings is 1. The van der Waals surface area contributed by atoms with Gasteiger partial charge in [0.25, 0.3) is 0 Å². The third-order valence-corrected chi connectivity index (χ3v) is 3.48. The van der Waals surface area contributed by atoms with Crippen molar-refractivity contribution in [2.24, 2.45) is 5.92 Å². The molecule has 2 N–H and O–H groups in total. The van der Waals surface area contributed by atoms with Crippen LogP contribution >= 0.6 is 0 Å². The van der Waals surface area contributed by atoms with Gasteiger partial charge in [-0.25, -0.2) is 4.79 Å². The van der Waals surface area contributed by atoms with Crippen molar-refractivity contribution in [2.75, 3.05) is 12.4 Å². The number of hydrogen-bond donors (Lipinski definition) is 2. The summed E-state index contributed by atoms with van der Waals surface area (Å²) in [5.41, 5.74) is 1.72. The molecule has 0 saturated carbocycles. The Labute approximate surface area is 124 Å². The molecule has 0 radical (unpaired) electrons. The molecule has 0 spiro atoms. The lowest BCUT2D eigenvalue weighted by Crippen LogP contribution is -2.23. The van der Waals surface area contributed by atoms with Crippen molar-refractivity contribution in [1.29, 1.82) is 0 Å². The Balaban J connectivity index is 1.85. The van der Waals surface area contributed by atoms with Crippen LogP contribution in [0.25, 0.3) is 0 Å². The molecule has 2 rings (SSSR count). The lowest BCUT2D eigenvalue weighted by molar-refractivity contribution is -0.120. The van der Waals surface area contributed by atoms with E-state index in [-0.39, 0.29) is 11.8 Å². The Bertz CT molecular complexity index is 523. The lowest BCUT2D eigenvalue weighted by Gasteiger charge is -2.17. The van der Waals surface area contributed by atoms with Crippen molar-refractivity contribution in [1.82, 2.24) is 5.32 Å². The second kappa shape index (κ2) is 7.47. The van der Waals surface area contributed by atoms with E-state index in [1.807, 2.05) is 24.3 Å². The number of rotatable bonds is 4. The number of allylic oxidation sites excluding steroid dienone is 2. The van der Waals surface area contributed by atoms with Gasteiger partial charge in [-0.3, -0.25) is 4.79 Å². The summed E-state index contributed by atoms with van der Waals surface area (Å²) in [4.78, 5) is 23.1. The molecule has 1 aromatic rings. The van der Waals surface area contributed by atoms with E-state index in [1.165, 1.54) is 7.11 Å². The van der Waals surface area contributed by atoms with E-state index in [1.54, 1.807) is 0 Å². The summed E-state index contributed by atoms with van der Waals surface area (Å²) in [6.07, 6.45) is 6.41. The van der Waals surface area contributed by atoms with Crippen LogP contribution < -0.4 is 10.6 Å². The minimum absolute atomic E-state index is 0.0654. The molecule has 5 nitrogen and oxygen atoms in total. The van der Waals surface area contributed by atoms with E-state index in [2.05, 4.69) is 27.5 Å². The molecule has 5 heteroatoms. The number of carbonyl (C=O) groups excluding carboxylic acids is 2. The van der Waals surface area contributed by atoms with Gasteiger partial charge in [0.05, 0.1) is 7.11 Å². The quantitative estimate of drug-likeness (QED) is 0.837. The van der Waals surface area contributed by atoms with Crippen molar-refractivity contribution in [3.05, 3.63) is 42.0 Å². The molecular formula is C16H20N2O3. The zero-order chi connectivity index (χ0) is 15.1. The average molecular weight is 288 g/mol. The zero-order valence-corrected chi connectivity index (χ0v) is 12.1. The number of ether oxygens (including phenoxy) is 1. The third-order valence-electron chi connectivity index (χ3n) is 3.48. The molecular weight excluding hydrogens is 268 g/mol. The Morgan fingerprint density at radius 1 is 1.24 bits per heavy atom. The predicted octanol–water partition coefficient (Wildman–Crippen LogP) is 2.84. The Kier molecular flexibility index (Phi) is 5.37. The number of anilines is 1. The largest absolute Gasteiger partial charge is 0.453 e. The van der Waals surface area contributed by atoms with E-state index in [9.17, 15) is 9.59 Å². The van der Waals surface area contributed by atoms with Crippen molar-refractivity contribution in [3.8, 4) is 0 Å². The fourth-order valence-corrected chi connectivity index (χ4v) is 2.23. The van der Waals surface area contributed by atoms with E-state index in [4.69, 9.17) is 0 Å². The normalized spacial score (nSPS) is 17.1. The number of amides is 2. The summed E-state index contributed by atoms with van der Waals surface area (Å²) < 4.78 is 4.50. The van der Waals surface area contributed by atoms with Crippen LogP contribution in [0.5, 0.6) is 0 Å². The Hall–Kier alpha value is -2.30. The molecule has 112 valence electrons. The van der Waals surface area contributed by atoms with E-state index < -0.39 is 6.09 Å². The van der Waals surface area contributed by atoms with Gasteiger partial charge in [-0.05, 0) is 37.0 Å². The summed E-state index contributed by atoms with van der Waals surface area (Å²) in [5, 5.41) is 5.53. The molecule has 0 fully saturated rings. The smallest absolute Gasteiger partial charge is 0.407 e. The molecule has 0 heterocycles. The molecule has 1 unspecified atom stereocenters. The Morgan fingerprint density at radius 3 is 2.62 bits per heavy atom. The molecule has 2 amide bonds. The second-order valence-corrected chi connectivity index (χ2v) is 5.01. The molecule has 0 aliphatic heterocycles. The van der Waals surface area contributed by atoms with Gasteiger partial charge < -0.3 is 15.4 Å². The minimum atomic E-state index is -0.460. The molecule has 0 bridgehead atoms. The van der Waals surface area contributed by atoms with Gasteiger partial charge in [-0.1, -0.05) is 24.3 Å². The van der Waals surface area contributed by atoms with Gasteiger partial charge in [0.2, 0.25) is 5.91 Å². The highest BCUT2D eigenvalue weighted by molar-refractivity contribution is 5.92. The lowest BCUT2D eigenvalue weighted by atomic mass is 9.93. The molecule has 1 aliphatic carbocycles. The summed E-state index contributed by atoms with van der Waals surface area (Å²) >= 11 is 0. The topological polar surface area (TPSA) is 67.4 Å². The van der Waals surface area contributed by atoms with E-state index >= 15 is 0 Å². The first kappa shape index (κ1) is 15.1. The third kappa shape index (κ3) is 4.63. The monoisotopic (exact) mass is 288 g/mol. The van der Waals surface area contributed by atoms with E-state index in [0.29, 0.717) is 6.54 Å². The van der Waals surface area contributed by atoms with Crippen LogP contribution in [0.15, 0.2) is 36.4 Å². The molecule has 1 aliphatic rings. The maximum absolute atomic E-state index is 12.1. The summed E-state index contributed by atoms with van der Waals surface area (Å²) in [7, 11) is 1.33. The van der Waals surface area contributed by atoms with Gasteiger partial charge >= 0.3 is 6.09 Å². The fraction of sp³-hybridized carbons (Fsp3) is 0.375. The van der Waals surface area contributed by atoms with Gasteiger partial charge in [0.1, 0.15) is 0 Å². The minimum Gasteiger partial charge on any atom is -0.453 e. The molecule has 0 aromatic heterocycles. The summed E-state index contributed by atoms with van der Waals surface area (Å²) in [6.45, 7) is 0.397. The van der Waals surface area contributed by atoms with Crippen LogP contribution in [0.1, 0.15) is 24.8 Å². The summed E-state index contributed by atoms with van der Waals surface area (Å²) in [5.74, 6) is 0.135. The average Bonchev–Trinajstić information content (AvgIpc) is 2.54. The number of hydrogen-bond acceptors (Lipinski definition) is 3. The highest BCUT2D eigenvalue weighted by Gasteiger charge is 2.18. The number of nitrogens with one attached hydrogen (secondary N) is 2. The van der Waals surface area contributed by atoms with Gasteiger partial charge in [0.15, 0.2) is 0 Å². The fourth-order valence-electron chi connectivity index (χ4n) is 2.23. The maximum atomic E-state index is 12.1. The highest BCUT2D eigenvalue weighted by atomic mass is 16.5. The summed E-state index contributed by atoms with van der Waals surface area (Å²) in [6, 6.07) is 7.41. The van der Waals surface area contributed by atoms with Crippen LogP contribution in [0.4, 0.5) is 10.5 Å². The standard InChI is InChI=1S/C16H20N2O3/c1-21-16(20)17-11-12-7-9-14(10-8-12)18-15(19)13-5-3-2-4-6-13/h2-3,7-10,13H,4-6,11H2,1H3,(H,17,20)(H,18,19). The SMILES string of the molecule is COC(=O)NCc1ccc(NC(=O)C2CC=CCC2)cc1. The first-order chi connectivity index (χ1) is 10.2. The predicted molar refractivity (Wildman–Crippen MR) is 80.8 cm³/mol. The number of carbonyl (C=O) groups is 2. The van der Waals surface area contributed by atoms with Crippen LogP contribution in [-0.2, 0) is 16.1 Å². The molecule has 1 aromatic carbocycles. The molecule has 0 saturated heterocycles. The van der Waals surface area contributed by atoms with Crippen LogP contribution in [0.2, 0.25) is 0 Å². The molecule has 21 heavy (non-hydrogen) atoms. The maximum Gasteiger partial charge on any atom is 0.407 e.